The highest BCUT2D eigenvalue weighted by Gasteiger charge is 2.17. The molecule has 0 bridgehead atoms. The van der Waals surface area contributed by atoms with Crippen molar-refractivity contribution in [3.63, 3.8) is 0 Å². The van der Waals surface area contributed by atoms with Gasteiger partial charge in [0, 0.05) is 10.7 Å². The monoisotopic (exact) mass is 418 g/mol. The van der Waals surface area contributed by atoms with Crippen LogP contribution in [0.25, 0.3) is 0 Å². The molecule has 126 valence electrons. The number of carbonyl (C=O) groups excluding carboxylic acids is 2. The van der Waals surface area contributed by atoms with Crippen LogP contribution in [0.2, 0.25) is 0 Å². The fraction of sp³-hybridized carbons (Fsp3) is 0. The summed E-state index contributed by atoms with van der Waals surface area (Å²) >= 11 is 4.35. The van der Waals surface area contributed by atoms with Crippen LogP contribution in [0.3, 0.4) is 0 Å². The van der Waals surface area contributed by atoms with Crippen LogP contribution >= 0.6 is 27.3 Å². The maximum Gasteiger partial charge on any atom is 0.262 e. The van der Waals surface area contributed by atoms with E-state index in [-0.39, 0.29) is 21.5 Å². The smallest absolute Gasteiger partial charge is 0.262 e. The summed E-state index contributed by atoms with van der Waals surface area (Å²) in [5.74, 6) is -0.362. The van der Waals surface area contributed by atoms with Gasteiger partial charge in [-0.15, -0.1) is 0 Å². The minimum absolute atomic E-state index is 0.157. The SMILES string of the molecule is NC(=O)c1cnc(NC(=O)c2cccnc2Oc2cccc(Br)c2)s1. The Morgan fingerprint density at radius 1 is 1.20 bits per heavy atom. The lowest BCUT2D eigenvalue weighted by Crippen LogP contribution is -2.13. The molecule has 0 spiro atoms. The molecule has 3 aromatic rings. The largest absolute Gasteiger partial charge is 0.438 e. The Morgan fingerprint density at radius 3 is 2.76 bits per heavy atom. The third-order valence-electron chi connectivity index (χ3n) is 3.00. The molecular formula is C16H11BrN4O3S. The second-order valence-corrected chi connectivity index (χ2v) is 6.71. The Balaban J connectivity index is 1.81. The van der Waals surface area contributed by atoms with Gasteiger partial charge in [0.05, 0.1) is 6.20 Å². The number of carbonyl (C=O) groups is 2. The van der Waals surface area contributed by atoms with E-state index in [0.29, 0.717) is 5.75 Å². The van der Waals surface area contributed by atoms with E-state index in [2.05, 4.69) is 31.2 Å². The number of ether oxygens (including phenoxy) is 1. The highest BCUT2D eigenvalue weighted by Crippen LogP contribution is 2.26. The molecule has 0 atom stereocenters. The molecule has 2 aromatic heterocycles. The number of aromatic nitrogens is 2. The number of rotatable bonds is 5. The lowest BCUT2D eigenvalue weighted by atomic mass is 10.2. The Kier molecular flexibility index (Phi) is 5.05. The lowest BCUT2D eigenvalue weighted by Gasteiger charge is -2.09. The van der Waals surface area contributed by atoms with E-state index in [4.69, 9.17) is 10.5 Å². The summed E-state index contributed by atoms with van der Waals surface area (Å²) in [6.07, 6.45) is 2.84. The molecule has 2 amide bonds. The number of halogens is 1. The Morgan fingerprint density at radius 2 is 2.04 bits per heavy atom. The van der Waals surface area contributed by atoms with Gasteiger partial charge in [-0.3, -0.25) is 14.9 Å². The van der Waals surface area contributed by atoms with E-state index in [0.717, 1.165) is 15.8 Å². The number of anilines is 1. The van der Waals surface area contributed by atoms with E-state index >= 15 is 0 Å². The molecule has 9 heteroatoms. The van der Waals surface area contributed by atoms with Crippen LogP contribution in [-0.2, 0) is 0 Å². The van der Waals surface area contributed by atoms with Crippen molar-refractivity contribution in [1.29, 1.82) is 0 Å². The molecule has 0 saturated carbocycles. The molecule has 1 aromatic carbocycles. The average Bonchev–Trinajstić information content (AvgIpc) is 3.04. The van der Waals surface area contributed by atoms with Crippen LogP contribution in [0.5, 0.6) is 11.6 Å². The van der Waals surface area contributed by atoms with Gasteiger partial charge in [-0.25, -0.2) is 9.97 Å². The van der Waals surface area contributed by atoms with E-state index < -0.39 is 11.8 Å². The first-order chi connectivity index (χ1) is 12.0. The van der Waals surface area contributed by atoms with Crippen molar-refractivity contribution in [2.24, 2.45) is 5.73 Å². The topological polar surface area (TPSA) is 107 Å². The summed E-state index contributed by atoms with van der Waals surface area (Å²) < 4.78 is 6.54. The molecule has 3 rings (SSSR count). The van der Waals surface area contributed by atoms with E-state index in [9.17, 15) is 9.59 Å². The molecule has 0 aliphatic heterocycles. The average molecular weight is 419 g/mol. The Labute approximate surface area is 155 Å². The van der Waals surface area contributed by atoms with Crippen molar-refractivity contribution in [1.82, 2.24) is 9.97 Å². The molecule has 0 unspecified atom stereocenters. The molecule has 3 N–H and O–H groups in total. The number of hydrogen-bond acceptors (Lipinski definition) is 6. The fourth-order valence-electron chi connectivity index (χ4n) is 1.90. The second-order valence-electron chi connectivity index (χ2n) is 4.76. The van der Waals surface area contributed by atoms with E-state index in [1.165, 1.54) is 12.4 Å². The number of hydrogen-bond donors (Lipinski definition) is 2. The third kappa shape index (κ3) is 4.20. The number of benzene rings is 1. The van der Waals surface area contributed by atoms with Crippen LogP contribution in [0, 0.1) is 0 Å². The van der Waals surface area contributed by atoms with Crippen LogP contribution in [0.1, 0.15) is 20.0 Å². The van der Waals surface area contributed by atoms with Gasteiger partial charge >= 0.3 is 0 Å². The van der Waals surface area contributed by atoms with Gasteiger partial charge in [-0.1, -0.05) is 33.3 Å². The number of primary amides is 1. The summed E-state index contributed by atoms with van der Waals surface area (Å²) in [6.45, 7) is 0. The minimum Gasteiger partial charge on any atom is -0.438 e. The zero-order valence-corrected chi connectivity index (χ0v) is 15.0. The number of nitrogens with two attached hydrogens (primary N) is 1. The van der Waals surface area contributed by atoms with Crippen molar-refractivity contribution in [2.75, 3.05) is 5.32 Å². The summed E-state index contributed by atoms with van der Waals surface area (Å²) in [7, 11) is 0. The van der Waals surface area contributed by atoms with E-state index in [1.807, 2.05) is 12.1 Å². The van der Waals surface area contributed by atoms with Crippen LogP contribution < -0.4 is 15.8 Å². The second kappa shape index (κ2) is 7.41. The van der Waals surface area contributed by atoms with Gasteiger partial charge in [-0.05, 0) is 30.3 Å². The molecule has 7 nitrogen and oxygen atoms in total. The highest BCUT2D eigenvalue weighted by atomic mass is 79.9. The van der Waals surface area contributed by atoms with Crippen LogP contribution in [-0.4, -0.2) is 21.8 Å². The zero-order chi connectivity index (χ0) is 17.8. The van der Waals surface area contributed by atoms with Gasteiger partial charge in [0.2, 0.25) is 5.88 Å². The molecule has 0 aliphatic carbocycles. The number of amides is 2. The molecule has 0 radical (unpaired) electrons. The first-order valence-corrected chi connectivity index (χ1v) is 8.59. The first-order valence-electron chi connectivity index (χ1n) is 6.98. The van der Waals surface area contributed by atoms with Crippen molar-refractivity contribution in [3.05, 3.63) is 63.7 Å². The molecule has 25 heavy (non-hydrogen) atoms. The van der Waals surface area contributed by atoms with E-state index in [1.54, 1.807) is 24.3 Å². The van der Waals surface area contributed by atoms with Crippen molar-refractivity contribution in [2.45, 2.75) is 0 Å². The van der Waals surface area contributed by atoms with Crippen LogP contribution in [0.4, 0.5) is 5.13 Å². The number of thiazole rings is 1. The first kappa shape index (κ1) is 17.1. The standard InChI is InChI=1S/C16H11BrN4O3S/c17-9-3-1-4-10(7-9)24-15-11(5-2-6-19-15)14(23)21-16-20-8-12(25-16)13(18)22/h1-8H,(H2,18,22)(H,20,21,23). The van der Waals surface area contributed by atoms with Crippen molar-refractivity contribution >= 4 is 44.2 Å². The van der Waals surface area contributed by atoms with Crippen LogP contribution in [0.15, 0.2) is 53.3 Å². The lowest BCUT2D eigenvalue weighted by molar-refractivity contribution is 0.1000. The van der Waals surface area contributed by atoms with Gasteiger partial charge in [-0.2, -0.15) is 0 Å². The normalized spacial score (nSPS) is 10.3. The third-order valence-corrected chi connectivity index (χ3v) is 4.42. The molecule has 0 fully saturated rings. The van der Waals surface area contributed by atoms with Gasteiger partial charge < -0.3 is 10.5 Å². The number of pyridine rings is 1. The Bertz CT molecular complexity index is 944. The minimum atomic E-state index is -0.599. The van der Waals surface area contributed by atoms with Gasteiger partial charge in [0.1, 0.15) is 16.2 Å². The zero-order valence-electron chi connectivity index (χ0n) is 12.6. The maximum atomic E-state index is 12.5. The quantitative estimate of drug-likeness (QED) is 0.659. The van der Waals surface area contributed by atoms with Crippen molar-refractivity contribution < 1.29 is 14.3 Å². The summed E-state index contributed by atoms with van der Waals surface area (Å²) in [5.41, 5.74) is 5.41. The fourth-order valence-corrected chi connectivity index (χ4v) is 2.94. The molecule has 0 aliphatic rings. The summed E-state index contributed by atoms with van der Waals surface area (Å²) in [6, 6.07) is 10.4. The Hall–Kier alpha value is -2.78. The number of nitrogens with one attached hydrogen (secondary N) is 1. The summed E-state index contributed by atoms with van der Waals surface area (Å²) in [5, 5.41) is 2.86. The molecule has 2 heterocycles. The highest BCUT2D eigenvalue weighted by molar-refractivity contribution is 9.10. The number of nitrogens with zero attached hydrogens (tertiary/aromatic N) is 2. The predicted molar refractivity (Wildman–Crippen MR) is 97.0 cm³/mol. The van der Waals surface area contributed by atoms with Gasteiger partial charge in [0.25, 0.3) is 11.8 Å². The maximum absolute atomic E-state index is 12.5. The molecular weight excluding hydrogens is 408 g/mol. The van der Waals surface area contributed by atoms with Crippen molar-refractivity contribution in [3.8, 4) is 11.6 Å². The molecule has 0 saturated heterocycles. The van der Waals surface area contributed by atoms with Gasteiger partial charge in [0.15, 0.2) is 5.13 Å². The summed E-state index contributed by atoms with van der Waals surface area (Å²) in [4.78, 5) is 31.9. The predicted octanol–water partition coefficient (Wildman–Crippen LogP) is 3.44.